The molecule has 0 aromatic heterocycles. The van der Waals surface area contributed by atoms with E-state index in [-0.39, 0.29) is 0 Å². The minimum absolute atomic E-state index is 0.548. The van der Waals surface area contributed by atoms with Gasteiger partial charge >= 0.3 is 0 Å². The molecule has 5 heteroatoms. The monoisotopic (exact) mass is 285 g/mol. The number of hydrogen-bond donors (Lipinski definition) is 1. The predicted octanol–water partition coefficient (Wildman–Crippen LogP) is 2.27. The van der Waals surface area contributed by atoms with Crippen molar-refractivity contribution in [3.63, 3.8) is 0 Å². The second-order valence-corrected chi connectivity index (χ2v) is 7.57. The van der Waals surface area contributed by atoms with Crippen LogP contribution in [0.2, 0.25) is 0 Å². The molecule has 0 aromatic rings. The van der Waals surface area contributed by atoms with E-state index >= 15 is 0 Å². The van der Waals surface area contributed by atoms with Gasteiger partial charge in [-0.3, -0.25) is 0 Å². The van der Waals surface area contributed by atoms with Crippen LogP contribution in [0.3, 0.4) is 0 Å². The van der Waals surface area contributed by atoms with Crippen molar-refractivity contribution in [2.24, 2.45) is 0 Å². The third kappa shape index (κ3) is 5.32. The van der Waals surface area contributed by atoms with Gasteiger partial charge in [0.2, 0.25) is 10.0 Å². The largest absolute Gasteiger partial charge is 0.216 e. The van der Waals surface area contributed by atoms with Gasteiger partial charge < -0.3 is 0 Å². The lowest BCUT2D eigenvalue weighted by atomic mass is 10.3. The number of alkyl halides is 1. The molecule has 0 amide bonds. The zero-order chi connectivity index (χ0) is 11.2. The number of nitrogens with one attached hydrogen (secondary N) is 1. The highest BCUT2D eigenvalue weighted by Crippen LogP contribution is 2.12. The molecule has 0 heterocycles. The molecule has 0 fully saturated rings. The highest BCUT2D eigenvalue weighted by molar-refractivity contribution is 9.09. The van der Waals surface area contributed by atoms with Crippen LogP contribution in [0.25, 0.3) is 0 Å². The molecule has 86 valence electrons. The van der Waals surface area contributed by atoms with Crippen LogP contribution in [-0.4, -0.2) is 25.0 Å². The van der Waals surface area contributed by atoms with Crippen molar-refractivity contribution < 1.29 is 8.42 Å². The molecule has 0 rings (SSSR count). The Bertz CT molecular complexity index is 244. The van der Waals surface area contributed by atoms with E-state index in [4.69, 9.17) is 0 Å². The Morgan fingerprint density at radius 2 is 1.71 bits per heavy atom. The van der Waals surface area contributed by atoms with E-state index in [2.05, 4.69) is 20.7 Å². The summed E-state index contributed by atoms with van der Waals surface area (Å²) >= 11 is 3.33. The Kier molecular flexibility index (Phi) is 6.25. The van der Waals surface area contributed by atoms with Gasteiger partial charge in [-0.1, -0.05) is 22.4 Å². The quantitative estimate of drug-likeness (QED) is 0.601. The molecule has 3 nitrogen and oxygen atoms in total. The SMILES string of the molecule is CC(C)(C)S(=O)(=O)NCCCCCBr. The smallest absolute Gasteiger partial charge is 0.215 e. The molecule has 1 N–H and O–H groups in total. The maximum absolute atomic E-state index is 11.6. The van der Waals surface area contributed by atoms with Crippen LogP contribution in [-0.2, 0) is 10.0 Å². The summed E-state index contributed by atoms with van der Waals surface area (Å²) in [5.41, 5.74) is 0. The first kappa shape index (κ1) is 14.4. The number of unbranched alkanes of at least 4 members (excludes halogenated alkanes) is 2. The van der Waals surface area contributed by atoms with Gasteiger partial charge in [0.05, 0.1) is 4.75 Å². The molecule has 0 unspecified atom stereocenters. The second-order valence-electron chi connectivity index (χ2n) is 4.26. The van der Waals surface area contributed by atoms with Crippen molar-refractivity contribution >= 4 is 26.0 Å². The molecule has 0 aromatic carbocycles. The van der Waals surface area contributed by atoms with Crippen LogP contribution in [0, 0.1) is 0 Å². The molecule has 0 radical (unpaired) electrons. The van der Waals surface area contributed by atoms with Gasteiger partial charge in [-0.25, -0.2) is 13.1 Å². The molecule has 0 spiro atoms. The maximum atomic E-state index is 11.6. The van der Waals surface area contributed by atoms with Crippen molar-refractivity contribution in [3.05, 3.63) is 0 Å². The van der Waals surface area contributed by atoms with Crippen LogP contribution < -0.4 is 4.72 Å². The van der Waals surface area contributed by atoms with Crippen LogP contribution in [0.5, 0.6) is 0 Å². The summed E-state index contributed by atoms with van der Waals surface area (Å²) in [4.78, 5) is 0. The summed E-state index contributed by atoms with van der Waals surface area (Å²) in [6.07, 6.45) is 3.05. The lowest BCUT2D eigenvalue weighted by Gasteiger charge is -2.19. The van der Waals surface area contributed by atoms with Crippen molar-refractivity contribution in [2.75, 3.05) is 11.9 Å². The van der Waals surface area contributed by atoms with Gasteiger partial charge in [-0.2, -0.15) is 0 Å². The third-order valence-corrected chi connectivity index (χ3v) is 4.67. The Morgan fingerprint density at radius 1 is 1.14 bits per heavy atom. The fraction of sp³-hybridized carbons (Fsp3) is 1.00. The fourth-order valence-corrected chi connectivity index (χ4v) is 2.06. The summed E-state index contributed by atoms with van der Waals surface area (Å²) in [7, 11) is -3.15. The zero-order valence-corrected chi connectivity index (χ0v) is 11.5. The van der Waals surface area contributed by atoms with E-state index in [9.17, 15) is 8.42 Å². The second kappa shape index (κ2) is 6.08. The van der Waals surface area contributed by atoms with Gasteiger partial charge in [-0.05, 0) is 33.6 Å². The Balaban J connectivity index is 3.80. The van der Waals surface area contributed by atoms with E-state index < -0.39 is 14.8 Å². The molecule has 0 saturated heterocycles. The minimum atomic E-state index is -3.15. The highest BCUT2D eigenvalue weighted by Gasteiger charge is 2.27. The van der Waals surface area contributed by atoms with Crippen LogP contribution in [0.4, 0.5) is 0 Å². The van der Waals surface area contributed by atoms with Crippen LogP contribution >= 0.6 is 15.9 Å². The number of halogens is 1. The average molecular weight is 286 g/mol. The first-order valence-electron chi connectivity index (χ1n) is 4.86. The van der Waals surface area contributed by atoms with E-state index in [1.54, 1.807) is 20.8 Å². The molecule has 0 aliphatic heterocycles. The summed E-state index contributed by atoms with van der Waals surface area (Å²) in [6.45, 7) is 5.65. The van der Waals surface area contributed by atoms with Gasteiger partial charge in [0.15, 0.2) is 0 Å². The van der Waals surface area contributed by atoms with E-state index in [0.29, 0.717) is 6.54 Å². The first-order valence-corrected chi connectivity index (χ1v) is 7.47. The Morgan fingerprint density at radius 3 is 2.14 bits per heavy atom. The average Bonchev–Trinajstić information content (AvgIpc) is 2.02. The first-order chi connectivity index (χ1) is 6.31. The van der Waals surface area contributed by atoms with Gasteiger partial charge in [0.1, 0.15) is 0 Å². The maximum Gasteiger partial charge on any atom is 0.216 e. The number of rotatable bonds is 6. The Hall–Kier alpha value is 0.390. The van der Waals surface area contributed by atoms with Gasteiger partial charge in [-0.15, -0.1) is 0 Å². The molecular weight excluding hydrogens is 266 g/mol. The molecule has 0 atom stereocenters. The van der Waals surface area contributed by atoms with Crippen LogP contribution in [0.1, 0.15) is 40.0 Å². The van der Waals surface area contributed by atoms with E-state index in [1.807, 2.05) is 0 Å². The molecule has 0 aliphatic carbocycles. The highest BCUT2D eigenvalue weighted by atomic mass is 79.9. The lowest BCUT2D eigenvalue weighted by Crippen LogP contribution is -2.39. The molecule has 0 aliphatic rings. The lowest BCUT2D eigenvalue weighted by molar-refractivity contribution is 0.541. The summed E-state index contributed by atoms with van der Waals surface area (Å²) in [5, 5.41) is 0.985. The number of hydrogen-bond acceptors (Lipinski definition) is 2. The minimum Gasteiger partial charge on any atom is -0.215 e. The fourth-order valence-electron chi connectivity index (χ4n) is 0.819. The topological polar surface area (TPSA) is 46.2 Å². The summed E-state index contributed by atoms with van der Waals surface area (Å²) in [5.74, 6) is 0. The summed E-state index contributed by atoms with van der Waals surface area (Å²) < 4.78 is 25.0. The van der Waals surface area contributed by atoms with E-state index in [1.165, 1.54) is 0 Å². The van der Waals surface area contributed by atoms with Gasteiger partial charge in [0, 0.05) is 11.9 Å². The molecule has 0 saturated carbocycles. The van der Waals surface area contributed by atoms with E-state index in [0.717, 1.165) is 24.6 Å². The summed E-state index contributed by atoms with van der Waals surface area (Å²) in [6, 6.07) is 0. The third-order valence-electron chi connectivity index (χ3n) is 1.91. The normalized spacial score (nSPS) is 13.1. The predicted molar refractivity (Wildman–Crippen MR) is 64.3 cm³/mol. The number of sulfonamides is 1. The van der Waals surface area contributed by atoms with Crippen molar-refractivity contribution in [1.82, 2.24) is 4.72 Å². The molecular formula is C9H20BrNO2S. The van der Waals surface area contributed by atoms with Gasteiger partial charge in [0.25, 0.3) is 0 Å². The Labute approximate surface area is 95.8 Å². The molecule has 14 heavy (non-hydrogen) atoms. The van der Waals surface area contributed by atoms with Crippen molar-refractivity contribution in [3.8, 4) is 0 Å². The van der Waals surface area contributed by atoms with Crippen LogP contribution in [0.15, 0.2) is 0 Å². The standard InChI is InChI=1S/C9H20BrNO2S/c1-9(2,3)14(12,13)11-8-6-4-5-7-10/h11H,4-8H2,1-3H3. The van der Waals surface area contributed by atoms with Crippen molar-refractivity contribution in [1.29, 1.82) is 0 Å². The zero-order valence-electron chi connectivity index (χ0n) is 9.14. The molecule has 0 bridgehead atoms. The van der Waals surface area contributed by atoms with Crippen molar-refractivity contribution in [2.45, 2.75) is 44.8 Å².